The Labute approximate surface area is 151 Å². The molecule has 0 bridgehead atoms. The molecular weight excluding hydrogens is 339 g/mol. The molecule has 140 valence electrons. The molecule has 0 radical (unpaired) electrons. The van der Waals surface area contributed by atoms with Gasteiger partial charge in [-0.05, 0) is 48.4 Å². The van der Waals surface area contributed by atoms with Gasteiger partial charge in [0.25, 0.3) is 0 Å². The fraction of sp³-hybridized carbons (Fsp3) is 0.316. The van der Waals surface area contributed by atoms with Gasteiger partial charge in [0.1, 0.15) is 12.4 Å². The maximum absolute atomic E-state index is 12.9. The number of rotatable bonds is 10. The Morgan fingerprint density at radius 3 is 2.50 bits per heavy atom. The fourth-order valence-corrected chi connectivity index (χ4v) is 2.32. The van der Waals surface area contributed by atoms with Crippen LogP contribution in [0.4, 0.5) is 9.18 Å². The lowest BCUT2D eigenvalue weighted by Crippen LogP contribution is -2.25. The lowest BCUT2D eigenvalue weighted by Gasteiger charge is -2.13. The van der Waals surface area contributed by atoms with Crippen molar-refractivity contribution in [3.05, 3.63) is 59.4 Å². The Morgan fingerprint density at radius 2 is 1.81 bits per heavy atom. The van der Waals surface area contributed by atoms with Crippen LogP contribution in [0.5, 0.6) is 11.5 Å². The summed E-state index contributed by atoms with van der Waals surface area (Å²) in [5.74, 6) is 0.965. The molecule has 6 nitrogen and oxygen atoms in total. The van der Waals surface area contributed by atoms with E-state index in [0.717, 1.165) is 11.1 Å². The summed E-state index contributed by atoms with van der Waals surface area (Å²) in [4.78, 5) is 10.3. The molecule has 0 aliphatic rings. The van der Waals surface area contributed by atoms with Crippen molar-refractivity contribution in [2.45, 2.75) is 19.6 Å². The molecular formula is C19H23FN2O4. The van der Waals surface area contributed by atoms with Crippen LogP contribution in [-0.4, -0.2) is 31.4 Å². The van der Waals surface area contributed by atoms with Gasteiger partial charge in [0.15, 0.2) is 11.5 Å². The molecule has 0 aromatic heterocycles. The summed E-state index contributed by atoms with van der Waals surface area (Å²) < 4.78 is 24.1. The Hall–Kier alpha value is -2.80. The predicted molar refractivity (Wildman–Crippen MR) is 96.1 cm³/mol. The lowest BCUT2D eigenvalue weighted by molar-refractivity contribution is 0.194. The molecule has 2 aromatic rings. The quantitative estimate of drug-likeness (QED) is 0.566. The fourth-order valence-electron chi connectivity index (χ4n) is 2.32. The number of hydrogen-bond donors (Lipinski definition) is 3. The molecule has 0 atom stereocenters. The SMILES string of the molecule is COc1cc(CNCCCNC(=O)O)ccc1OCc1ccc(F)cc1. The molecule has 0 unspecified atom stereocenters. The van der Waals surface area contributed by atoms with Gasteiger partial charge in [0, 0.05) is 13.1 Å². The minimum atomic E-state index is -1.01. The molecule has 2 rings (SSSR count). The Balaban J connectivity index is 1.82. The van der Waals surface area contributed by atoms with E-state index >= 15 is 0 Å². The molecule has 2 aromatic carbocycles. The van der Waals surface area contributed by atoms with Crippen LogP contribution < -0.4 is 20.1 Å². The zero-order chi connectivity index (χ0) is 18.8. The minimum Gasteiger partial charge on any atom is -0.493 e. The second kappa shape index (κ2) is 10.2. The first-order valence-corrected chi connectivity index (χ1v) is 8.30. The first-order chi connectivity index (χ1) is 12.6. The largest absolute Gasteiger partial charge is 0.493 e. The molecule has 0 heterocycles. The maximum atomic E-state index is 12.9. The molecule has 7 heteroatoms. The highest BCUT2D eigenvalue weighted by atomic mass is 19.1. The second-order valence-electron chi connectivity index (χ2n) is 5.66. The number of benzene rings is 2. The third kappa shape index (κ3) is 6.60. The van der Waals surface area contributed by atoms with Gasteiger partial charge in [-0.2, -0.15) is 0 Å². The molecule has 0 aliphatic carbocycles. The maximum Gasteiger partial charge on any atom is 0.404 e. The summed E-state index contributed by atoms with van der Waals surface area (Å²) in [5.41, 5.74) is 1.90. The number of carboxylic acid groups (broad SMARTS) is 1. The van der Waals surface area contributed by atoms with Gasteiger partial charge < -0.3 is 25.2 Å². The zero-order valence-corrected chi connectivity index (χ0v) is 14.6. The summed E-state index contributed by atoms with van der Waals surface area (Å²) in [6.07, 6.45) is -0.298. The number of ether oxygens (including phenoxy) is 2. The molecule has 1 amide bonds. The van der Waals surface area contributed by atoms with Crippen LogP contribution in [0.2, 0.25) is 0 Å². The third-order valence-corrected chi connectivity index (χ3v) is 3.67. The average Bonchev–Trinajstić information content (AvgIpc) is 2.64. The highest BCUT2D eigenvalue weighted by Gasteiger charge is 2.06. The summed E-state index contributed by atoms with van der Waals surface area (Å²) in [5, 5.41) is 14.1. The normalized spacial score (nSPS) is 10.4. The highest BCUT2D eigenvalue weighted by molar-refractivity contribution is 5.64. The average molecular weight is 362 g/mol. The van der Waals surface area contributed by atoms with Crippen molar-refractivity contribution in [3.8, 4) is 11.5 Å². The summed E-state index contributed by atoms with van der Waals surface area (Å²) in [7, 11) is 1.58. The summed E-state index contributed by atoms with van der Waals surface area (Å²) >= 11 is 0. The van der Waals surface area contributed by atoms with Crippen molar-refractivity contribution in [2.75, 3.05) is 20.2 Å². The third-order valence-electron chi connectivity index (χ3n) is 3.67. The van der Waals surface area contributed by atoms with Crippen LogP contribution in [0.3, 0.4) is 0 Å². The monoisotopic (exact) mass is 362 g/mol. The van der Waals surface area contributed by atoms with Gasteiger partial charge in [-0.25, -0.2) is 9.18 Å². The minimum absolute atomic E-state index is 0.276. The van der Waals surface area contributed by atoms with E-state index in [1.807, 2.05) is 18.2 Å². The van der Waals surface area contributed by atoms with Crippen LogP contribution in [-0.2, 0) is 13.2 Å². The van der Waals surface area contributed by atoms with Crippen molar-refractivity contribution in [1.82, 2.24) is 10.6 Å². The Kier molecular flexibility index (Phi) is 7.70. The molecule has 3 N–H and O–H groups in total. The van der Waals surface area contributed by atoms with E-state index in [4.69, 9.17) is 14.6 Å². The van der Waals surface area contributed by atoms with Crippen molar-refractivity contribution in [1.29, 1.82) is 0 Å². The van der Waals surface area contributed by atoms with Crippen molar-refractivity contribution >= 4 is 6.09 Å². The van der Waals surface area contributed by atoms with Crippen molar-refractivity contribution in [2.24, 2.45) is 0 Å². The van der Waals surface area contributed by atoms with E-state index in [-0.39, 0.29) is 5.82 Å². The zero-order valence-electron chi connectivity index (χ0n) is 14.6. The molecule has 0 aliphatic heterocycles. The number of carbonyl (C=O) groups is 1. The molecule has 26 heavy (non-hydrogen) atoms. The summed E-state index contributed by atoms with van der Waals surface area (Å²) in [6, 6.07) is 11.8. The standard InChI is InChI=1S/C19H23FN2O4/c1-25-18-11-15(12-21-9-2-10-22-19(23)24)5-8-17(18)26-13-14-3-6-16(20)7-4-14/h3-8,11,21-22H,2,9-10,12-13H2,1H3,(H,23,24). The van der Waals surface area contributed by atoms with Crippen LogP contribution >= 0.6 is 0 Å². The summed E-state index contributed by atoms with van der Waals surface area (Å²) in [6.45, 7) is 2.08. The number of hydrogen-bond acceptors (Lipinski definition) is 4. The van der Waals surface area contributed by atoms with Crippen LogP contribution in [0.1, 0.15) is 17.5 Å². The van der Waals surface area contributed by atoms with Gasteiger partial charge in [0.05, 0.1) is 7.11 Å². The van der Waals surface area contributed by atoms with Gasteiger partial charge in [-0.1, -0.05) is 18.2 Å². The van der Waals surface area contributed by atoms with Crippen LogP contribution in [0.15, 0.2) is 42.5 Å². The topological polar surface area (TPSA) is 79.8 Å². The lowest BCUT2D eigenvalue weighted by atomic mass is 10.2. The van der Waals surface area contributed by atoms with E-state index in [2.05, 4.69) is 10.6 Å². The van der Waals surface area contributed by atoms with E-state index < -0.39 is 6.09 Å². The van der Waals surface area contributed by atoms with Gasteiger partial charge in [0.2, 0.25) is 0 Å². The Bertz CT molecular complexity index is 707. The Morgan fingerprint density at radius 1 is 1.08 bits per heavy atom. The number of halogens is 1. The predicted octanol–water partition coefficient (Wildman–Crippen LogP) is 3.16. The molecule has 0 saturated carbocycles. The van der Waals surface area contributed by atoms with Crippen LogP contribution in [0, 0.1) is 5.82 Å². The van der Waals surface area contributed by atoms with E-state index in [1.165, 1.54) is 12.1 Å². The molecule has 0 saturated heterocycles. The van der Waals surface area contributed by atoms with Crippen molar-refractivity contribution < 1.29 is 23.8 Å². The number of nitrogens with one attached hydrogen (secondary N) is 2. The van der Waals surface area contributed by atoms with Crippen LogP contribution in [0.25, 0.3) is 0 Å². The second-order valence-corrected chi connectivity index (χ2v) is 5.66. The first kappa shape index (κ1) is 19.5. The van der Waals surface area contributed by atoms with Crippen molar-refractivity contribution in [3.63, 3.8) is 0 Å². The molecule has 0 fully saturated rings. The molecule has 0 spiro atoms. The number of amides is 1. The van der Waals surface area contributed by atoms with E-state index in [9.17, 15) is 9.18 Å². The van der Waals surface area contributed by atoms with E-state index in [0.29, 0.717) is 44.2 Å². The smallest absolute Gasteiger partial charge is 0.404 e. The van der Waals surface area contributed by atoms with Gasteiger partial charge in [-0.15, -0.1) is 0 Å². The van der Waals surface area contributed by atoms with Gasteiger partial charge >= 0.3 is 6.09 Å². The highest BCUT2D eigenvalue weighted by Crippen LogP contribution is 2.28. The van der Waals surface area contributed by atoms with E-state index in [1.54, 1.807) is 19.2 Å². The van der Waals surface area contributed by atoms with Gasteiger partial charge in [-0.3, -0.25) is 0 Å². The first-order valence-electron chi connectivity index (χ1n) is 8.30. The number of methoxy groups -OCH3 is 1.